The molecule has 2 N–H and O–H groups in total. The molecule has 1 fully saturated rings. The van der Waals surface area contributed by atoms with Crippen molar-refractivity contribution < 1.29 is 14.6 Å². The Morgan fingerprint density at radius 3 is 2.59 bits per heavy atom. The third-order valence-electron chi connectivity index (χ3n) is 2.84. The zero-order chi connectivity index (χ0) is 11.9. The Labute approximate surface area is 102 Å². The molecule has 0 bridgehead atoms. The van der Waals surface area contributed by atoms with Crippen molar-refractivity contribution in [3.05, 3.63) is 35.9 Å². The molecule has 0 aromatic heterocycles. The molecule has 1 heterocycles. The van der Waals surface area contributed by atoms with Crippen molar-refractivity contribution >= 4 is 0 Å². The van der Waals surface area contributed by atoms with Crippen molar-refractivity contribution in [1.29, 1.82) is 0 Å². The summed E-state index contributed by atoms with van der Waals surface area (Å²) in [6, 6.07) is 10.3. The van der Waals surface area contributed by atoms with Gasteiger partial charge in [0.05, 0.1) is 13.2 Å². The predicted octanol–water partition coefficient (Wildman–Crippen LogP) is 1.07. The Kier molecular flexibility index (Phi) is 4.94. The summed E-state index contributed by atoms with van der Waals surface area (Å²) < 4.78 is 10.7. The van der Waals surface area contributed by atoms with Gasteiger partial charge in [0.2, 0.25) is 0 Å². The first-order valence-corrected chi connectivity index (χ1v) is 6.02. The summed E-state index contributed by atoms with van der Waals surface area (Å²) in [6.45, 7) is 2.16. The van der Waals surface area contributed by atoms with Crippen LogP contribution in [0.4, 0.5) is 0 Å². The Morgan fingerprint density at radius 1 is 1.24 bits per heavy atom. The monoisotopic (exact) mass is 237 g/mol. The average molecular weight is 237 g/mol. The SMILES string of the molecule is OCCC(NCC1OCCO1)c1ccccc1. The van der Waals surface area contributed by atoms with Gasteiger partial charge in [-0.15, -0.1) is 0 Å². The Balaban J connectivity index is 1.88. The molecule has 4 heteroatoms. The second-order valence-electron chi connectivity index (χ2n) is 4.05. The van der Waals surface area contributed by atoms with Crippen LogP contribution in [0.25, 0.3) is 0 Å². The Bertz CT molecular complexity index is 312. The largest absolute Gasteiger partial charge is 0.396 e. The molecular weight excluding hydrogens is 218 g/mol. The maximum absolute atomic E-state index is 9.09. The molecule has 1 saturated heterocycles. The van der Waals surface area contributed by atoms with Crippen LogP contribution < -0.4 is 5.32 Å². The van der Waals surface area contributed by atoms with Crippen LogP contribution in [0.5, 0.6) is 0 Å². The van der Waals surface area contributed by atoms with Crippen LogP contribution in [0.2, 0.25) is 0 Å². The van der Waals surface area contributed by atoms with E-state index in [4.69, 9.17) is 14.6 Å². The van der Waals surface area contributed by atoms with E-state index >= 15 is 0 Å². The van der Waals surface area contributed by atoms with E-state index in [9.17, 15) is 0 Å². The number of aliphatic hydroxyl groups excluding tert-OH is 1. The molecule has 0 aliphatic carbocycles. The maximum atomic E-state index is 9.09. The van der Waals surface area contributed by atoms with Gasteiger partial charge in [0.1, 0.15) is 0 Å². The van der Waals surface area contributed by atoms with Crippen molar-refractivity contribution in [2.75, 3.05) is 26.4 Å². The number of nitrogens with one attached hydrogen (secondary N) is 1. The van der Waals surface area contributed by atoms with E-state index < -0.39 is 0 Å². The molecule has 94 valence electrons. The van der Waals surface area contributed by atoms with Gasteiger partial charge in [0, 0.05) is 19.2 Å². The molecule has 0 amide bonds. The van der Waals surface area contributed by atoms with Gasteiger partial charge in [0.15, 0.2) is 6.29 Å². The molecule has 17 heavy (non-hydrogen) atoms. The highest BCUT2D eigenvalue weighted by atomic mass is 16.7. The van der Waals surface area contributed by atoms with Crippen molar-refractivity contribution in [2.24, 2.45) is 0 Å². The standard InChI is InChI=1S/C13H19NO3/c15-7-6-12(11-4-2-1-3-5-11)14-10-13-16-8-9-17-13/h1-5,12-15H,6-10H2. The molecule has 1 unspecified atom stereocenters. The van der Waals surface area contributed by atoms with Gasteiger partial charge in [-0.3, -0.25) is 0 Å². The van der Waals surface area contributed by atoms with Gasteiger partial charge in [-0.25, -0.2) is 0 Å². The number of benzene rings is 1. The molecule has 1 aliphatic heterocycles. The second kappa shape index (κ2) is 6.71. The topological polar surface area (TPSA) is 50.7 Å². The molecule has 0 radical (unpaired) electrons. The van der Waals surface area contributed by atoms with E-state index in [2.05, 4.69) is 17.4 Å². The minimum atomic E-state index is -0.153. The van der Waals surface area contributed by atoms with E-state index in [1.54, 1.807) is 0 Å². The van der Waals surface area contributed by atoms with Gasteiger partial charge in [0.25, 0.3) is 0 Å². The Morgan fingerprint density at radius 2 is 1.94 bits per heavy atom. The molecule has 1 aliphatic rings. The fourth-order valence-electron chi connectivity index (χ4n) is 1.96. The van der Waals surface area contributed by atoms with Crippen LogP contribution in [0.3, 0.4) is 0 Å². The molecule has 0 spiro atoms. The van der Waals surface area contributed by atoms with Crippen LogP contribution in [-0.2, 0) is 9.47 Å². The number of ether oxygens (including phenoxy) is 2. The zero-order valence-electron chi connectivity index (χ0n) is 9.84. The lowest BCUT2D eigenvalue weighted by Gasteiger charge is -2.20. The molecule has 4 nitrogen and oxygen atoms in total. The highest BCUT2D eigenvalue weighted by Crippen LogP contribution is 2.16. The lowest BCUT2D eigenvalue weighted by Crippen LogP contribution is -2.31. The summed E-state index contributed by atoms with van der Waals surface area (Å²) in [6.07, 6.45) is 0.538. The minimum Gasteiger partial charge on any atom is -0.396 e. The van der Waals surface area contributed by atoms with Gasteiger partial charge >= 0.3 is 0 Å². The van der Waals surface area contributed by atoms with Gasteiger partial charge in [-0.1, -0.05) is 30.3 Å². The van der Waals surface area contributed by atoms with Crippen molar-refractivity contribution in [3.63, 3.8) is 0 Å². The van der Waals surface area contributed by atoms with Crippen LogP contribution in [0.15, 0.2) is 30.3 Å². The normalized spacial score (nSPS) is 18.4. The van der Waals surface area contributed by atoms with Crippen LogP contribution in [0.1, 0.15) is 18.0 Å². The highest BCUT2D eigenvalue weighted by Gasteiger charge is 2.18. The number of aliphatic hydroxyl groups is 1. The van der Waals surface area contributed by atoms with E-state index in [1.165, 1.54) is 5.56 Å². The molecule has 0 saturated carbocycles. The second-order valence-corrected chi connectivity index (χ2v) is 4.05. The average Bonchev–Trinajstić information content (AvgIpc) is 2.88. The minimum absolute atomic E-state index is 0.147. The first-order valence-electron chi connectivity index (χ1n) is 6.02. The zero-order valence-corrected chi connectivity index (χ0v) is 9.84. The van der Waals surface area contributed by atoms with Crippen molar-refractivity contribution in [3.8, 4) is 0 Å². The van der Waals surface area contributed by atoms with Crippen LogP contribution in [0, 0.1) is 0 Å². The molecule has 2 rings (SSSR count). The first-order chi connectivity index (χ1) is 8.40. The molecular formula is C13H19NO3. The van der Waals surface area contributed by atoms with E-state index in [0.29, 0.717) is 26.2 Å². The molecule has 1 aromatic carbocycles. The lowest BCUT2D eigenvalue weighted by atomic mass is 10.0. The van der Waals surface area contributed by atoms with Crippen molar-refractivity contribution in [2.45, 2.75) is 18.8 Å². The summed E-state index contributed by atoms with van der Waals surface area (Å²) in [4.78, 5) is 0. The Hall–Kier alpha value is -0.940. The summed E-state index contributed by atoms with van der Waals surface area (Å²) in [7, 11) is 0. The smallest absolute Gasteiger partial charge is 0.170 e. The lowest BCUT2D eigenvalue weighted by molar-refractivity contribution is -0.0410. The summed E-state index contributed by atoms with van der Waals surface area (Å²) in [5.41, 5.74) is 1.18. The molecule has 1 atom stereocenters. The summed E-state index contributed by atoms with van der Waals surface area (Å²) >= 11 is 0. The van der Waals surface area contributed by atoms with Gasteiger partial charge in [-0.2, -0.15) is 0 Å². The fraction of sp³-hybridized carbons (Fsp3) is 0.538. The van der Waals surface area contributed by atoms with Crippen molar-refractivity contribution in [1.82, 2.24) is 5.32 Å². The third-order valence-corrected chi connectivity index (χ3v) is 2.84. The number of rotatable bonds is 6. The first kappa shape index (κ1) is 12.5. The van der Waals surface area contributed by atoms with Gasteiger partial charge < -0.3 is 19.9 Å². The van der Waals surface area contributed by atoms with Gasteiger partial charge in [-0.05, 0) is 12.0 Å². The number of hydrogen-bond donors (Lipinski definition) is 2. The third kappa shape index (κ3) is 3.78. The molecule has 1 aromatic rings. The quantitative estimate of drug-likeness (QED) is 0.777. The fourth-order valence-corrected chi connectivity index (χ4v) is 1.96. The maximum Gasteiger partial charge on any atom is 0.170 e. The number of hydrogen-bond acceptors (Lipinski definition) is 4. The van der Waals surface area contributed by atoms with Crippen LogP contribution in [-0.4, -0.2) is 37.8 Å². The van der Waals surface area contributed by atoms with E-state index in [0.717, 1.165) is 0 Å². The summed E-state index contributed by atoms with van der Waals surface area (Å²) in [5, 5.41) is 12.5. The van der Waals surface area contributed by atoms with Crippen LogP contribution >= 0.6 is 0 Å². The van der Waals surface area contributed by atoms with E-state index in [-0.39, 0.29) is 18.9 Å². The predicted molar refractivity (Wildman–Crippen MR) is 64.6 cm³/mol. The summed E-state index contributed by atoms with van der Waals surface area (Å²) in [5.74, 6) is 0. The van der Waals surface area contributed by atoms with E-state index in [1.807, 2.05) is 18.2 Å². The highest BCUT2D eigenvalue weighted by molar-refractivity contribution is 5.18.